The molecule has 2 aromatic carbocycles. The second-order valence-corrected chi connectivity index (χ2v) is 9.32. The number of carbonyl (C=O) groups is 1. The van der Waals surface area contributed by atoms with Gasteiger partial charge in [0, 0.05) is 57.0 Å². The summed E-state index contributed by atoms with van der Waals surface area (Å²) in [5.41, 5.74) is 1.58. The van der Waals surface area contributed by atoms with E-state index < -0.39 is 23.8 Å². The third-order valence-corrected chi connectivity index (χ3v) is 7.06. The summed E-state index contributed by atoms with van der Waals surface area (Å²) in [4.78, 5) is 25.2. The maximum Gasteiger partial charge on any atom is 0.266 e. The van der Waals surface area contributed by atoms with Gasteiger partial charge in [0.2, 0.25) is 5.91 Å². The van der Waals surface area contributed by atoms with E-state index in [2.05, 4.69) is 14.9 Å². The van der Waals surface area contributed by atoms with Crippen molar-refractivity contribution in [2.45, 2.75) is 38.8 Å². The first-order chi connectivity index (χ1) is 17.2. The SMILES string of the molecule is CC(=O)N1CCN2c3cc4c(=N[C@H](C)c5cccc(C(F)F)c5F)ncn(C)c4cc3OCC[C@@H]2C1. The molecular formula is C26H28F3N5O2. The highest BCUT2D eigenvalue weighted by Gasteiger charge is 2.32. The van der Waals surface area contributed by atoms with Gasteiger partial charge in [0.15, 0.2) is 5.49 Å². The highest BCUT2D eigenvalue weighted by atomic mass is 19.3. The van der Waals surface area contributed by atoms with E-state index in [9.17, 15) is 18.0 Å². The van der Waals surface area contributed by atoms with E-state index in [-0.39, 0.29) is 17.5 Å². The molecule has 0 saturated carbocycles. The molecule has 190 valence electrons. The van der Waals surface area contributed by atoms with Crippen LogP contribution in [0.25, 0.3) is 10.9 Å². The first kappa shape index (κ1) is 24.1. The van der Waals surface area contributed by atoms with Crippen LogP contribution in [0.5, 0.6) is 5.75 Å². The van der Waals surface area contributed by atoms with Gasteiger partial charge < -0.3 is 19.1 Å². The number of halogens is 3. The Bertz CT molecular complexity index is 1390. The number of aromatic nitrogens is 2. The fourth-order valence-corrected chi connectivity index (χ4v) is 5.07. The third-order valence-electron chi connectivity index (χ3n) is 7.06. The monoisotopic (exact) mass is 499 g/mol. The van der Waals surface area contributed by atoms with Gasteiger partial charge in [-0.05, 0) is 13.0 Å². The Kier molecular flexibility index (Phi) is 6.36. The van der Waals surface area contributed by atoms with Gasteiger partial charge in [-0.25, -0.2) is 18.2 Å². The normalized spacial score (nSPS) is 19.1. The summed E-state index contributed by atoms with van der Waals surface area (Å²) in [6.07, 6.45) is -0.497. The Morgan fingerprint density at radius 2 is 2.00 bits per heavy atom. The van der Waals surface area contributed by atoms with Crippen LogP contribution in [0.4, 0.5) is 18.9 Å². The Balaban J connectivity index is 1.61. The van der Waals surface area contributed by atoms with Gasteiger partial charge in [0.05, 0.1) is 41.8 Å². The summed E-state index contributed by atoms with van der Waals surface area (Å²) in [7, 11) is 1.87. The van der Waals surface area contributed by atoms with Gasteiger partial charge in [-0.3, -0.25) is 9.79 Å². The molecule has 10 heteroatoms. The number of ether oxygens (including phenoxy) is 1. The van der Waals surface area contributed by atoms with Crippen molar-refractivity contribution in [1.29, 1.82) is 0 Å². The summed E-state index contributed by atoms with van der Waals surface area (Å²) in [5, 5.41) is 0.745. The van der Waals surface area contributed by atoms with E-state index in [1.807, 2.05) is 28.6 Å². The molecule has 1 amide bonds. The Morgan fingerprint density at radius 3 is 2.75 bits per heavy atom. The van der Waals surface area contributed by atoms with Crippen molar-refractivity contribution in [3.8, 4) is 5.75 Å². The van der Waals surface area contributed by atoms with Crippen LogP contribution < -0.4 is 15.1 Å². The van der Waals surface area contributed by atoms with Gasteiger partial charge in [-0.15, -0.1) is 0 Å². The lowest BCUT2D eigenvalue weighted by Crippen LogP contribution is -2.54. The van der Waals surface area contributed by atoms with Crippen LogP contribution in [0.1, 0.15) is 43.9 Å². The molecule has 2 aliphatic heterocycles. The molecule has 3 aromatic rings. The zero-order valence-corrected chi connectivity index (χ0v) is 20.4. The summed E-state index contributed by atoms with van der Waals surface area (Å²) >= 11 is 0. The number of fused-ring (bicyclic) bond motifs is 4. The lowest BCUT2D eigenvalue weighted by atomic mass is 10.0. The van der Waals surface area contributed by atoms with Crippen molar-refractivity contribution in [1.82, 2.24) is 14.5 Å². The van der Waals surface area contributed by atoms with Gasteiger partial charge in [-0.1, -0.05) is 18.2 Å². The zero-order valence-electron chi connectivity index (χ0n) is 20.4. The van der Waals surface area contributed by atoms with Crippen LogP contribution in [0, 0.1) is 5.82 Å². The largest absolute Gasteiger partial charge is 0.491 e. The molecule has 1 aromatic heterocycles. The number of hydrogen-bond acceptors (Lipinski definition) is 5. The Labute approximate surface area is 206 Å². The highest BCUT2D eigenvalue weighted by Crippen LogP contribution is 2.37. The molecule has 2 atom stereocenters. The van der Waals surface area contributed by atoms with E-state index >= 15 is 0 Å². The van der Waals surface area contributed by atoms with Crippen LogP contribution in [0.3, 0.4) is 0 Å². The molecule has 1 fully saturated rings. The second kappa shape index (κ2) is 9.48. The number of amides is 1. The summed E-state index contributed by atoms with van der Waals surface area (Å²) in [5.74, 6) is -0.131. The van der Waals surface area contributed by atoms with Crippen molar-refractivity contribution in [2.24, 2.45) is 12.0 Å². The second-order valence-electron chi connectivity index (χ2n) is 9.32. The molecule has 0 unspecified atom stereocenters. The van der Waals surface area contributed by atoms with Crippen LogP contribution in [0.2, 0.25) is 0 Å². The number of anilines is 1. The Hall–Kier alpha value is -3.56. The number of benzene rings is 2. The summed E-state index contributed by atoms with van der Waals surface area (Å²) in [6, 6.07) is 7.31. The molecule has 0 N–H and O–H groups in total. The molecule has 5 rings (SSSR count). The lowest BCUT2D eigenvalue weighted by Gasteiger charge is -2.41. The first-order valence-corrected chi connectivity index (χ1v) is 12.0. The fourth-order valence-electron chi connectivity index (χ4n) is 5.07. The van der Waals surface area contributed by atoms with Crippen LogP contribution in [-0.4, -0.2) is 52.6 Å². The minimum absolute atomic E-state index is 0.0630. The maximum atomic E-state index is 14.8. The lowest BCUT2D eigenvalue weighted by molar-refractivity contribution is -0.129. The quantitative estimate of drug-likeness (QED) is 0.544. The van der Waals surface area contributed by atoms with E-state index in [4.69, 9.17) is 4.74 Å². The molecule has 0 radical (unpaired) electrons. The predicted molar refractivity (Wildman–Crippen MR) is 130 cm³/mol. The molecule has 2 aliphatic rings. The van der Waals surface area contributed by atoms with E-state index in [1.54, 1.807) is 20.2 Å². The van der Waals surface area contributed by atoms with Crippen molar-refractivity contribution < 1.29 is 22.7 Å². The molecule has 0 spiro atoms. The first-order valence-electron chi connectivity index (χ1n) is 12.0. The molecule has 0 bridgehead atoms. The number of nitrogens with zero attached hydrogens (tertiary/aromatic N) is 5. The van der Waals surface area contributed by atoms with Gasteiger partial charge in [0.25, 0.3) is 6.43 Å². The average Bonchev–Trinajstić information content (AvgIpc) is 3.03. The standard InChI is InChI=1S/C26H28F3N5O2/c1-15(18-5-4-6-19(24(18)27)25(28)29)31-26-20-11-22-23(12-21(20)32(3)14-30-26)36-10-7-17-13-33(16(2)35)8-9-34(17)22/h4-6,11-12,14-15,17,25H,7-10,13H2,1-3H3/t15-,17-/m1/s1. The topological polar surface area (TPSA) is 63.0 Å². The van der Waals surface area contributed by atoms with Crippen molar-refractivity contribution >= 4 is 22.5 Å². The molecule has 0 aliphatic carbocycles. The highest BCUT2D eigenvalue weighted by molar-refractivity contribution is 5.86. The number of rotatable bonds is 3. The molecule has 1 saturated heterocycles. The number of alkyl halides is 2. The van der Waals surface area contributed by atoms with Crippen LogP contribution in [-0.2, 0) is 11.8 Å². The van der Waals surface area contributed by atoms with E-state index in [0.717, 1.165) is 34.8 Å². The smallest absolute Gasteiger partial charge is 0.266 e. The Morgan fingerprint density at radius 1 is 1.22 bits per heavy atom. The minimum atomic E-state index is -2.90. The number of carbonyl (C=O) groups excluding carboxylic acids is 1. The van der Waals surface area contributed by atoms with Crippen molar-refractivity contribution in [3.63, 3.8) is 0 Å². The van der Waals surface area contributed by atoms with Gasteiger partial charge in [-0.2, -0.15) is 0 Å². The molecule has 36 heavy (non-hydrogen) atoms. The third kappa shape index (κ3) is 4.29. The van der Waals surface area contributed by atoms with Crippen molar-refractivity contribution in [2.75, 3.05) is 31.1 Å². The van der Waals surface area contributed by atoms with E-state index in [1.165, 1.54) is 12.1 Å². The molecular weight excluding hydrogens is 471 g/mol. The zero-order chi connectivity index (χ0) is 25.6. The van der Waals surface area contributed by atoms with Gasteiger partial charge in [0.1, 0.15) is 11.6 Å². The number of piperazine rings is 1. The average molecular weight is 500 g/mol. The predicted octanol–water partition coefficient (Wildman–Crippen LogP) is 4.13. The minimum Gasteiger partial charge on any atom is -0.491 e. The van der Waals surface area contributed by atoms with Gasteiger partial charge >= 0.3 is 0 Å². The number of hydrogen-bond donors (Lipinski definition) is 0. The molecule has 3 heterocycles. The van der Waals surface area contributed by atoms with Crippen LogP contribution >= 0.6 is 0 Å². The summed E-state index contributed by atoms with van der Waals surface area (Å²) in [6.45, 7) is 5.72. The van der Waals surface area contributed by atoms with Crippen molar-refractivity contribution in [3.05, 3.63) is 59.1 Å². The fraction of sp³-hybridized carbons (Fsp3) is 0.423. The number of aryl methyl sites for hydroxylation is 1. The van der Waals surface area contributed by atoms with E-state index in [0.29, 0.717) is 31.7 Å². The molecule has 7 nitrogen and oxygen atoms in total. The maximum absolute atomic E-state index is 14.8. The van der Waals surface area contributed by atoms with Crippen LogP contribution in [0.15, 0.2) is 41.7 Å². The summed E-state index contributed by atoms with van der Waals surface area (Å²) < 4.78 is 49.2.